The van der Waals surface area contributed by atoms with Crippen LogP contribution in [0.2, 0.25) is 0 Å². The van der Waals surface area contributed by atoms with E-state index in [4.69, 9.17) is 0 Å². The fraction of sp³-hybridized carbons (Fsp3) is 0.125. The number of aromatic amines is 1. The third-order valence-corrected chi connectivity index (χ3v) is 3.76. The smallest absolute Gasteiger partial charge is 0.237 e. The summed E-state index contributed by atoms with van der Waals surface area (Å²) < 4.78 is 0. The maximum Gasteiger partial charge on any atom is 0.237 e. The van der Waals surface area contributed by atoms with Crippen molar-refractivity contribution in [2.24, 2.45) is 0 Å². The van der Waals surface area contributed by atoms with Gasteiger partial charge in [0.25, 0.3) is 0 Å². The Morgan fingerprint density at radius 3 is 2.68 bits per heavy atom. The Hall–Kier alpha value is -3.02. The molecule has 0 saturated heterocycles. The molecule has 0 saturated carbocycles. The van der Waals surface area contributed by atoms with Crippen LogP contribution in [0.3, 0.4) is 0 Å². The van der Waals surface area contributed by atoms with Crippen molar-refractivity contribution in [1.29, 1.82) is 0 Å². The summed E-state index contributed by atoms with van der Waals surface area (Å²) in [6.45, 7) is 1.85. The second-order valence-electron chi connectivity index (χ2n) is 5.21. The summed E-state index contributed by atoms with van der Waals surface area (Å²) in [7, 11) is 0. The normalized spacial score (nSPS) is 13.5. The zero-order chi connectivity index (χ0) is 15.1. The lowest BCUT2D eigenvalue weighted by atomic mass is 10.0. The standard InChI is InChI=1S/C16H13N5O/c1-10-17-8-13(9-18-10)11-2-3-12-7-16(22)21(14(12)6-11)15-4-5-19-20-15/h2-6,8-9H,7H2,1H3,(H,19,20). The Labute approximate surface area is 126 Å². The van der Waals surface area contributed by atoms with Gasteiger partial charge in [0, 0.05) is 24.0 Å². The maximum atomic E-state index is 12.3. The van der Waals surface area contributed by atoms with E-state index in [0.717, 1.165) is 28.2 Å². The SMILES string of the molecule is Cc1ncc(-c2ccc3c(c2)N(c2ccn[nH]2)C(=O)C3)cn1. The van der Waals surface area contributed by atoms with Gasteiger partial charge in [-0.3, -0.25) is 14.8 Å². The molecule has 1 aromatic carbocycles. The number of hydrogen-bond donors (Lipinski definition) is 1. The van der Waals surface area contributed by atoms with Crippen LogP contribution in [0.1, 0.15) is 11.4 Å². The number of H-pyrrole nitrogens is 1. The van der Waals surface area contributed by atoms with Gasteiger partial charge in [-0.2, -0.15) is 5.10 Å². The number of benzene rings is 1. The number of fused-ring (bicyclic) bond motifs is 1. The molecule has 3 aromatic rings. The fourth-order valence-electron chi connectivity index (χ4n) is 2.66. The van der Waals surface area contributed by atoms with E-state index in [9.17, 15) is 4.79 Å². The van der Waals surface area contributed by atoms with Crippen molar-refractivity contribution in [3.05, 3.63) is 54.2 Å². The Balaban J connectivity index is 1.81. The van der Waals surface area contributed by atoms with Gasteiger partial charge in [-0.25, -0.2) is 9.97 Å². The van der Waals surface area contributed by atoms with Crippen LogP contribution in [0.15, 0.2) is 42.9 Å². The molecule has 1 aliphatic heterocycles. The van der Waals surface area contributed by atoms with Crippen molar-refractivity contribution < 1.29 is 4.79 Å². The Morgan fingerprint density at radius 1 is 1.14 bits per heavy atom. The molecule has 2 aromatic heterocycles. The van der Waals surface area contributed by atoms with Crippen LogP contribution in [0, 0.1) is 6.92 Å². The number of anilines is 2. The minimum Gasteiger partial charge on any atom is -0.274 e. The van der Waals surface area contributed by atoms with E-state index in [1.165, 1.54) is 0 Å². The molecule has 108 valence electrons. The maximum absolute atomic E-state index is 12.3. The number of hydrogen-bond acceptors (Lipinski definition) is 4. The molecular formula is C16H13N5O. The molecule has 0 unspecified atom stereocenters. The van der Waals surface area contributed by atoms with Gasteiger partial charge in [-0.15, -0.1) is 0 Å². The highest BCUT2D eigenvalue weighted by molar-refractivity contribution is 6.07. The van der Waals surface area contributed by atoms with Gasteiger partial charge < -0.3 is 0 Å². The highest BCUT2D eigenvalue weighted by atomic mass is 16.2. The Morgan fingerprint density at radius 2 is 1.95 bits per heavy atom. The van der Waals surface area contributed by atoms with Crippen LogP contribution < -0.4 is 4.90 Å². The van der Waals surface area contributed by atoms with Gasteiger partial charge in [-0.1, -0.05) is 12.1 Å². The fourth-order valence-corrected chi connectivity index (χ4v) is 2.66. The van der Waals surface area contributed by atoms with Crippen LogP contribution >= 0.6 is 0 Å². The lowest BCUT2D eigenvalue weighted by molar-refractivity contribution is -0.116. The number of carbonyl (C=O) groups is 1. The molecular weight excluding hydrogens is 278 g/mol. The van der Waals surface area contributed by atoms with Crippen molar-refractivity contribution in [3.8, 4) is 11.1 Å². The van der Waals surface area contributed by atoms with E-state index in [0.29, 0.717) is 12.2 Å². The summed E-state index contributed by atoms with van der Waals surface area (Å²) in [5, 5.41) is 6.77. The summed E-state index contributed by atoms with van der Waals surface area (Å²) >= 11 is 0. The lowest BCUT2D eigenvalue weighted by Gasteiger charge is -2.15. The van der Waals surface area contributed by atoms with Gasteiger partial charge >= 0.3 is 0 Å². The average Bonchev–Trinajstić information content (AvgIpc) is 3.13. The number of aryl methyl sites for hydroxylation is 1. The van der Waals surface area contributed by atoms with Crippen LogP contribution in [0.5, 0.6) is 0 Å². The molecule has 1 aliphatic rings. The van der Waals surface area contributed by atoms with E-state index < -0.39 is 0 Å². The molecule has 4 rings (SSSR count). The highest BCUT2D eigenvalue weighted by Gasteiger charge is 2.29. The molecule has 0 spiro atoms. The number of carbonyl (C=O) groups excluding carboxylic acids is 1. The van der Waals surface area contributed by atoms with Crippen LogP contribution in [0.25, 0.3) is 11.1 Å². The number of nitrogens with zero attached hydrogens (tertiary/aromatic N) is 4. The summed E-state index contributed by atoms with van der Waals surface area (Å²) in [6, 6.07) is 7.76. The summed E-state index contributed by atoms with van der Waals surface area (Å²) in [6.07, 6.45) is 5.63. The van der Waals surface area contributed by atoms with E-state index >= 15 is 0 Å². The highest BCUT2D eigenvalue weighted by Crippen LogP contribution is 2.37. The minimum absolute atomic E-state index is 0.0385. The second kappa shape index (κ2) is 4.77. The quantitative estimate of drug-likeness (QED) is 0.786. The van der Waals surface area contributed by atoms with Gasteiger partial charge in [0.05, 0.1) is 18.3 Å². The van der Waals surface area contributed by atoms with Crippen molar-refractivity contribution in [1.82, 2.24) is 20.2 Å². The molecule has 1 N–H and O–H groups in total. The molecule has 0 aliphatic carbocycles. The second-order valence-corrected chi connectivity index (χ2v) is 5.21. The van der Waals surface area contributed by atoms with Gasteiger partial charge in [-0.05, 0) is 24.1 Å². The zero-order valence-corrected chi connectivity index (χ0v) is 11.9. The van der Waals surface area contributed by atoms with E-state index in [1.807, 2.05) is 25.1 Å². The number of rotatable bonds is 2. The van der Waals surface area contributed by atoms with Crippen LogP contribution in [-0.2, 0) is 11.2 Å². The third kappa shape index (κ3) is 1.96. The third-order valence-electron chi connectivity index (χ3n) is 3.76. The molecule has 0 radical (unpaired) electrons. The zero-order valence-electron chi connectivity index (χ0n) is 11.9. The topological polar surface area (TPSA) is 74.8 Å². The first kappa shape index (κ1) is 12.7. The number of aromatic nitrogens is 4. The molecule has 0 atom stereocenters. The van der Waals surface area contributed by atoms with Crippen molar-refractivity contribution >= 4 is 17.4 Å². The van der Waals surface area contributed by atoms with Crippen molar-refractivity contribution in [2.75, 3.05) is 4.90 Å². The van der Waals surface area contributed by atoms with E-state index in [2.05, 4.69) is 20.2 Å². The van der Waals surface area contributed by atoms with Gasteiger partial charge in [0.2, 0.25) is 5.91 Å². The molecule has 22 heavy (non-hydrogen) atoms. The Kier molecular flexibility index (Phi) is 2.75. The lowest BCUT2D eigenvalue weighted by Crippen LogP contribution is -2.21. The van der Waals surface area contributed by atoms with Crippen LogP contribution in [0.4, 0.5) is 11.5 Å². The average molecular weight is 291 g/mol. The van der Waals surface area contributed by atoms with Gasteiger partial charge in [0.1, 0.15) is 11.6 Å². The first-order valence-electron chi connectivity index (χ1n) is 6.96. The predicted octanol–water partition coefficient (Wildman–Crippen LogP) is 2.40. The van der Waals surface area contributed by atoms with Crippen molar-refractivity contribution in [3.63, 3.8) is 0 Å². The minimum atomic E-state index is 0.0385. The number of amides is 1. The molecule has 6 heteroatoms. The van der Waals surface area contributed by atoms with E-state index in [-0.39, 0.29) is 5.91 Å². The van der Waals surface area contributed by atoms with Gasteiger partial charge in [0.15, 0.2) is 0 Å². The summed E-state index contributed by atoms with van der Waals surface area (Å²) in [4.78, 5) is 22.4. The molecule has 0 bridgehead atoms. The predicted molar refractivity (Wildman–Crippen MR) is 81.6 cm³/mol. The molecule has 3 heterocycles. The van der Waals surface area contributed by atoms with E-state index in [1.54, 1.807) is 29.6 Å². The Bertz CT molecular complexity index is 839. The monoisotopic (exact) mass is 291 g/mol. The first-order chi connectivity index (χ1) is 10.7. The number of nitrogens with one attached hydrogen (secondary N) is 1. The molecule has 0 fully saturated rings. The molecule has 1 amide bonds. The molecule has 6 nitrogen and oxygen atoms in total. The first-order valence-corrected chi connectivity index (χ1v) is 6.96. The summed E-state index contributed by atoms with van der Waals surface area (Å²) in [5.74, 6) is 1.46. The van der Waals surface area contributed by atoms with Crippen molar-refractivity contribution in [2.45, 2.75) is 13.3 Å². The van der Waals surface area contributed by atoms with Crippen LogP contribution in [-0.4, -0.2) is 26.1 Å². The summed E-state index contributed by atoms with van der Waals surface area (Å²) in [5.41, 5.74) is 3.80. The largest absolute Gasteiger partial charge is 0.274 e.